The molecule has 2 aliphatic rings. The van der Waals surface area contributed by atoms with E-state index in [2.05, 4.69) is 14.9 Å². The Morgan fingerprint density at radius 2 is 1.96 bits per heavy atom. The molecule has 0 radical (unpaired) electrons. The normalized spacial score (nSPS) is 23.2. The highest BCUT2D eigenvalue weighted by molar-refractivity contribution is 5.98. The van der Waals surface area contributed by atoms with Gasteiger partial charge in [0, 0.05) is 45.1 Å². The monoisotopic (exact) mass is 365 g/mol. The molecule has 4 rings (SSSR count). The average Bonchev–Trinajstić information content (AvgIpc) is 3.07. The van der Waals surface area contributed by atoms with Gasteiger partial charge in [0.1, 0.15) is 6.54 Å². The molecule has 2 saturated heterocycles. The number of amides is 2. The molecule has 1 spiro atoms. The maximum Gasteiger partial charge on any atom is 0.246 e. The van der Waals surface area contributed by atoms with Crippen LogP contribution in [0, 0.1) is 0 Å². The van der Waals surface area contributed by atoms with Gasteiger partial charge in [0.25, 0.3) is 0 Å². The zero-order chi connectivity index (χ0) is 18.9. The summed E-state index contributed by atoms with van der Waals surface area (Å²) in [5.74, 6) is -0.101. The van der Waals surface area contributed by atoms with E-state index in [9.17, 15) is 9.59 Å². The van der Waals surface area contributed by atoms with Crippen molar-refractivity contribution in [3.05, 3.63) is 54.6 Å². The number of rotatable bonds is 3. The standard InChI is InChI=1S/C20H23N5O2/c1-16(26)25-13-19(27)24(18-3-2-7-22-11-18)15-20(25)6-10-23(14-20)12-17-4-8-21-9-5-17/h2-5,7-9,11H,6,10,12-15H2,1H3. The molecular weight excluding hydrogens is 342 g/mol. The van der Waals surface area contributed by atoms with E-state index in [0.29, 0.717) is 6.54 Å². The number of nitrogens with zero attached hydrogens (tertiary/aromatic N) is 5. The van der Waals surface area contributed by atoms with Gasteiger partial charge in [-0.05, 0) is 36.2 Å². The third-order valence-corrected chi connectivity index (χ3v) is 5.52. The second kappa shape index (κ2) is 7.08. The van der Waals surface area contributed by atoms with E-state index in [4.69, 9.17) is 0 Å². The topological polar surface area (TPSA) is 69.6 Å². The Morgan fingerprint density at radius 3 is 2.67 bits per heavy atom. The SMILES string of the molecule is CC(=O)N1CC(=O)N(c2cccnc2)CC12CCN(Cc1ccncc1)C2. The summed E-state index contributed by atoms with van der Waals surface area (Å²) in [6, 6.07) is 7.75. The Kier molecular flexibility index (Phi) is 4.61. The van der Waals surface area contributed by atoms with Crippen molar-refractivity contribution in [1.29, 1.82) is 0 Å². The van der Waals surface area contributed by atoms with Crippen LogP contribution in [-0.4, -0.2) is 63.3 Å². The van der Waals surface area contributed by atoms with Crippen LogP contribution in [0.25, 0.3) is 0 Å². The van der Waals surface area contributed by atoms with Crippen molar-refractivity contribution in [1.82, 2.24) is 19.8 Å². The van der Waals surface area contributed by atoms with Crippen molar-refractivity contribution < 1.29 is 9.59 Å². The molecule has 140 valence electrons. The fourth-order valence-corrected chi connectivity index (χ4v) is 4.22. The van der Waals surface area contributed by atoms with Crippen molar-refractivity contribution in [2.24, 2.45) is 0 Å². The highest BCUT2D eigenvalue weighted by Crippen LogP contribution is 2.34. The molecule has 0 aromatic carbocycles. The minimum absolute atomic E-state index is 0.0417. The van der Waals surface area contributed by atoms with Crippen LogP contribution in [0.2, 0.25) is 0 Å². The number of carbonyl (C=O) groups excluding carboxylic acids is 2. The number of aromatic nitrogens is 2. The first-order chi connectivity index (χ1) is 13.1. The van der Waals surface area contributed by atoms with Crippen LogP contribution in [0.4, 0.5) is 5.69 Å². The van der Waals surface area contributed by atoms with Gasteiger partial charge >= 0.3 is 0 Å². The summed E-state index contributed by atoms with van der Waals surface area (Å²) >= 11 is 0. The van der Waals surface area contributed by atoms with Crippen molar-refractivity contribution >= 4 is 17.5 Å². The molecule has 7 nitrogen and oxygen atoms in total. The molecule has 2 aliphatic heterocycles. The average molecular weight is 365 g/mol. The van der Waals surface area contributed by atoms with Crippen molar-refractivity contribution in [2.75, 3.05) is 31.1 Å². The number of hydrogen-bond donors (Lipinski definition) is 0. The van der Waals surface area contributed by atoms with Gasteiger partial charge in [-0.15, -0.1) is 0 Å². The molecule has 2 aromatic heterocycles. The first-order valence-electron chi connectivity index (χ1n) is 9.17. The van der Waals surface area contributed by atoms with Crippen molar-refractivity contribution in [3.8, 4) is 0 Å². The minimum Gasteiger partial charge on any atom is -0.325 e. The number of hydrogen-bond acceptors (Lipinski definition) is 5. The summed E-state index contributed by atoms with van der Waals surface area (Å²) in [6.45, 7) is 4.63. The predicted octanol–water partition coefficient (Wildman–Crippen LogP) is 1.32. The smallest absolute Gasteiger partial charge is 0.246 e. The number of carbonyl (C=O) groups is 2. The van der Waals surface area contributed by atoms with Gasteiger partial charge in [-0.25, -0.2) is 0 Å². The fraction of sp³-hybridized carbons (Fsp3) is 0.400. The molecule has 0 N–H and O–H groups in total. The largest absolute Gasteiger partial charge is 0.325 e. The molecule has 0 saturated carbocycles. The summed E-state index contributed by atoms with van der Waals surface area (Å²) in [6.07, 6.45) is 7.85. The molecule has 4 heterocycles. The molecule has 2 amide bonds. The van der Waals surface area contributed by atoms with Gasteiger partial charge in [-0.1, -0.05) is 0 Å². The van der Waals surface area contributed by atoms with E-state index >= 15 is 0 Å². The van der Waals surface area contributed by atoms with Gasteiger partial charge in [0.15, 0.2) is 0 Å². The van der Waals surface area contributed by atoms with Crippen molar-refractivity contribution in [3.63, 3.8) is 0 Å². The maximum absolute atomic E-state index is 12.7. The van der Waals surface area contributed by atoms with Crippen LogP contribution in [-0.2, 0) is 16.1 Å². The highest BCUT2D eigenvalue weighted by atomic mass is 16.2. The summed E-state index contributed by atoms with van der Waals surface area (Å²) < 4.78 is 0. The van der Waals surface area contributed by atoms with Crippen LogP contribution in [0.1, 0.15) is 18.9 Å². The van der Waals surface area contributed by atoms with E-state index in [0.717, 1.165) is 31.7 Å². The lowest BCUT2D eigenvalue weighted by Gasteiger charge is -2.48. The number of piperazine rings is 1. The first-order valence-corrected chi connectivity index (χ1v) is 9.17. The third kappa shape index (κ3) is 3.42. The Balaban J connectivity index is 1.58. The molecule has 0 aliphatic carbocycles. The minimum atomic E-state index is -0.359. The van der Waals surface area contributed by atoms with Gasteiger partial charge in [0.2, 0.25) is 11.8 Å². The van der Waals surface area contributed by atoms with Crippen LogP contribution >= 0.6 is 0 Å². The Hall–Kier alpha value is -2.80. The van der Waals surface area contributed by atoms with Crippen molar-refractivity contribution in [2.45, 2.75) is 25.4 Å². The van der Waals surface area contributed by atoms with Crippen LogP contribution in [0.5, 0.6) is 0 Å². The summed E-state index contributed by atoms with van der Waals surface area (Å²) in [4.78, 5) is 39.2. The summed E-state index contributed by atoms with van der Waals surface area (Å²) in [5, 5.41) is 0. The van der Waals surface area contributed by atoms with Gasteiger partial charge in [-0.2, -0.15) is 0 Å². The lowest BCUT2D eigenvalue weighted by molar-refractivity contribution is -0.142. The summed E-state index contributed by atoms with van der Waals surface area (Å²) in [5.41, 5.74) is 1.63. The molecule has 2 aromatic rings. The van der Waals surface area contributed by atoms with Crippen LogP contribution in [0.15, 0.2) is 49.1 Å². The Morgan fingerprint density at radius 1 is 1.15 bits per heavy atom. The first kappa shape index (κ1) is 17.6. The second-order valence-electron chi connectivity index (χ2n) is 7.34. The zero-order valence-corrected chi connectivity index (χ0v) is 15.4. The van der Waals surface area contributed by atoms with Crippen LogP contribution in [0.3, 0.4) is 0 Å². The van der Waals surface area contributed by atoms with E-state index in [1.165, 1.54) is 5.56 Å². The molecular formula is C20H23N5O2. The van der Waals surface area contributed by atoms with E-state index < -0.39 is 0 Å². The Bertz CT molecular complexity index is 829. The number of likely N-dealkylation sites (tertiary alicyclic amines) is 1. The molecule has 2 fully saturated rings. The Labute approximate surface area is 158 Å². The molecule has 1 unspecified atom stereocenters. The number of anilines is 1. The lowest BCUT2D eigenvalue weighted by Crippen LogP contribution is -2.66. The molecule has 27 heavy (non-hydrogen) atoms. The highest BCUT2D eigenvalue weighted by Gasteiger charge is 2.50. The van der Waals surface area contributed by atoms with Gasteiger partial charge in [-0.3, -0.25) is 24.5 Å². The van der Waals surface area contributed by atoms with Crippen LogP contribution < -0.4 is 4.90 Å². The third-order valence-electron chi connectivity index (χ3n) is 5.52. The molecule has 1 atom stereocenters. The second-order valence-corrected chi connectivity index (χ2v) is 7.34. The summed E-state index contributed by atoms with van der Waals surface area (Å²) in [7, 11) is 0. The zero-order valence-electron chi connectivity index (χ0n) is 15.4. The van der Waals surface area contributed by atoms with E-state index in [-0.39, 0.29) is 23.9 Å². The molecule has 0 bridgehead atoms. The lowest BCUT2D eigenvalue weighted by atomic mass is 9.92. The predicted molar refractivity (Wildman–Crippen MR) is 101 cm³/mol. The van der Waals surface area contributed by atoms with E-state index in [1.54, 1.807) is 41.5 Å². The fourth-order valence-electron chi connectivity index (χ4n) is 4.22. The van der Waals surface area contributed by atoms with Gasteiger partial charge in [0.05, 0.1) is 24.0 Å². The number of pyridine rings is 2. The maximum atomic E-state index is 12.7. The van der Waals surface area contributed by atoms with Gasteiger partial charge < -0.3 is 9.80 Å². The quantitative estimate of drug-likeness (QED) is 0.820. The van der Waals surface area contributed by atoms with E-state index in [1.807, 2.05) is 24.3 Å². The molecule has 7 heteroatoms.